The van der Waals surface area contributed by atoms with Crippen molar-refractivity contribution < 1.29 is 9.13 Å². The molecule has 0 heterocycles. The number of methoxy groups -OCH3 is 1. The van der Waals surface area contributed by atoms with Gasteiger partial charge in [-0.05, 0) is 38.7 Å². The minimum absolute atomic E-state index is 0.135. The summed E-state index contributed by atoms with van der Waals surface area (Å²) < 4.78 is 18.4. The molecule has 0 spiro atoms. The molecule has 1 aromatic carbocycles. The van der Waals surface area contributed by atoms with Crippen molar-refractivity contribution in [3.63, 3.8) is 0 Å². The Bertz CT molecular complexity index is 355. The van der Waals surface area contributed by atoms with Crippen LogP contribution in [0.15, 0.2) is 18.2 Å². The van der Waals surface area contributed by atoms with Gasteiger partial charge in [0.25, 0.3) is 0 Å². The molecule has 1 unspecified atom stereocenters. The summed E-state index contributed by atoms with van der Waals surface area (Å²) >= 11 is 0. The Morgan fingerprint density at radius 3 is 2.65 bits per heavy atom. The summed E-state index contributed by atoms with van der Waals surface area (Å²) in [6.07, 6.45) is 0. The first-order valence-corrected chi connectivity index (χ1v) is 5.76. The summed E-state index contributed by atoms with van der Waals surface area (Å²) in [5.41, 5.74) is 0.932. The van der Waals surface area contributed by atoms with Crippen molar-refractivity contribution >= 4 is 0 Å². The second-order valence-corrected chi connectivity index (χ2v) is 4.37. The van der Waals surface area contributed by atoms with Crippen LogP contribution in [-0.2, 0) is 0 Å². The quantitative estimate of drug-likeness (QED) is 0.823. The summed E-state index contributed by atoms with van der Waals surface area (Å²) in [4.78, 5) is 2.11. The van der Waals surface area contributed by atoms with Gasteiger partial charge in [-0.25, -0.2) is 4.39 Å². The van der Waals surface area contributed by atoms with Crippen LogP contribution in [0.25, 0.3) is 0 Å². The van der Waals surface area contributed by atoms with Crippen LogP contribution >= 0.6 is 0 Å². The lowest BCUT2D eigenvalue weighted by Gasteiger charge is -2.17. The van der Waals surface area contributed by atoms with Crippen molar-refractivity contribution in [2.24, 2.45) is 0 Å². The Hall–Kier alpha value is -1.13. The molecule has 1 aromatic rings. The van der Waals surface area contributed by atoms with E-state index in [9.17, 15) is 4.39 Å². The van der Waals surface area contributed by atoms with E-state index in [0.717, 1.165) is 18.7 Å². The Labute approximate surface area is 103 Å². The van der Waals surface area contributed by atoms with Crippen LogP contribution in [0.1, 0.15) is 18.5 Å². The predicted molar refractivity (Wildman–Crippen MR) is 67.9 cm³/mol. The fourth-order valence-electron chi connectivity index (χ4n) is 1.57. The molecule has 0 saturated heterocycles. The van der Waals surface area contributed by atoms with Crippen molar-refractivity contribution in [2.45, 2.75) is 13.0 Å². The summed E-state index contributed by atoms with van der Waals surface area (Å²) in [5.74, 6) is -0.0273. The van der Waals surface area contributed by atoms with Crippen LogP contribution in [0.4, 0.5) is 4.39 Å². The van der Waals surface area contributed by atoms with E-state index in [1.165, 1.54) is 13.2 Å². The zero-order chi connectivity index (χ0) is 12.8. The summed E-state index contributed by atoms with van der Waals surface area (Å²) in [5, 5.41) is 3.35. The molecule has 0 aliphatic rings. The first kappa shape index (κ1) is 13.9. The van der Waals surface area contributed by atoms with Gasteiger partial charge in [0.05, 0.1) is 7.11 Å². The van der Waals surface area contributed by atoms with Crippen LogP contribution in [0.5, 0.6) is 5.75 Å². The molecule has 1 rings (SSSR count). The molecule has 1 atom stereocenters. The molecule has 17 heavy (non-hydrogen) atoms. The SMILES string of the molecule is COc1ccc(C(C)NCCN(C)C)cc1F. The second-order valence-electron chi connectivity index (χ2n) is 4.37. The lowest BCUT2D eigenvalue weighted by atomic mass is 10.1. The molecule has 3 nitrogen and oxygen atoms in total. The van der Waals surface area contributed by atoms with Crippen LogP contribution in [0, 0.1) is 5.82 Å². The highest BCUT2D eigenvalue weighted by molar-refractivity contribution is 5.30. The highest BCUT2D eigenvalue weighted by Gasteiger charge is 2.08. The van der Waals surface area contributed by atoms with Gasteiger partial charge in [0, 0.05) is 19.1 Å². The third kappa shape index (κ3) is 4.32. The summed E-state index contributed by atoms with van der Waals surface area (Å²) in [6.45, 7) is 3.86. The average molecular weight is 240 g/mol. The van der Waals surface area contributed by atoms with Crippen molar-refractivity contribution in [1.29, 1.82) is 0 Å². The molecule has 0 amide bonds. The Morgan fingerprint density at radius 1 is 1.41 bits per heavy atom. The molecular weight excluding hydrogens is 219 g/mol. The van der Waals surface area contributed by atoms with Gasteiger partial charge in [0.2, 0.25) is 0 Å². The molecule has 0 aliphatic heterocycles. The van der Waals surface area contributed by atoms with Crippen molar-refractivity contribution in [3.05, 3.63) is 29.6 Å². The molecule has 1 N–H and O–H groups in total. The monoisotopic (exact) mass is 240 g/mol. The molecule has 0 saturated carbocycles. The normalized spacial score (nSPS) is 12.8. The van der Waals surface area contributed by atoms with Crippen molar-refractivity contribution in [3.8, 4) is 5.75 Å². The Kier molecular flexibility index (Phi) is 5.38. The number of nitrogens with zero attached hydrogens (tertiary/aromatic N) is 1. The lowest BCUT2D eigenvalue weighted by molar-refractivity contribution is 0.382. The van der Waals surface area contributed by atoms with E-state index in [1.54, 1.807) is 6.07 Å². The van der Waals surface area contributed by atoms with Gasteiger partial charge < -0.3 is 15.0 Å². The molecule has 0 aliphatic carbocycles. The second kappa shape index (κ2) is 6.57. The van der Waals surface area contributed by atoms with E-state index >= 15 is 0 Å². The maximum Gasteiger partial charge on any atom is 0.165 e. The fraction of sp³-hybridized carbons (Fsp3) is 0.538. The highest BCUT2D eigenvalue weighted by Crippen LogP contribution is 2.21. The zero-order valence-electron chi connectivity index (χ0n) is 11.0. The van der Waals surface area contributed by atoms with Gasteiger partial charge in [0.1, 0.15) is 0 Å². The number of nitrogens with one attached hydrogen (secondary N) is 1. The van der Waals surface area contributed by atoms with Crippen LogP contribution < -0.4 is 10.1 Å². The number of halogens is 1. The van der Waals surface area contributed by atoms with Gasteiger partial charge in [-0.2, -0.15) is 0 Å². The van der Waals surface area contributed by atoms with Gasteiger partial charge in [-0.1, -0.05) is 6.07 Å². The third-order valence-corrected chi connectivity index (χ3v) is 2.69. The topological polar surface area (TPSA) is 24.5 Å². The smallest absolute Gasteiger partial charge is 0.165 e. The number of hydrogen-bond acceptors (Lipinski definition) is 3. The molecule has 4 heteroatoms. The molecule has 0 radical (unpaired) electrons. The van der Waals surface area contributed by atoms with E-state index in [0.29, 0.717) is 0 Å². The molecule has 96 valence electrons. The van der Waals surface area contributed by atoms with Crippen molar-refractivity contribution in [2.75, 3.05) is 34.3 Å². The highest BCUT2D eigenvalue weighted by atomic mass is 19.1. The van der Waals surface area contributed by atoms with E-state index in [4.69, 9.17) is 4.74 Å². The predicted octanol–water partition coefficient (Wildman–Crippen LogP) is 2.05. The number of benzene rings is 1. The molecule has 0 aromatic heterocycles. The van der Waals surface area contributed by atoms with E-state index in [1.807, 2.05) is 27.1 Å². The zero-order valence-corrected chi connectivity index (χ0v) is 11.0. The summed E-state index contributed by atoms with van der Waals surface area (Å²) in [7, 11) is 5.52. The fourth-order valence-corrected chi connectivity index (χ4v) is 1.57. The van der Waals surface area contributed by atoms with E-state index < -0.39 is 0 Å². The maximum absolute atomic E-state index is 13.5. The van der Waals surface area contributed by atoms with Gasteiger partial charge >= 0.3 is 0 Å². The largest absolute Gasteiger partial charge is 0.494 e. The van der Waals surface area contributed by atoms with Crippen molar-refractivity contribution in [1.82, 2.24) is 10.2 Å². The van der Waals surface area contributed by atoms with E-state index in [2.05, 4.69) is 10.2 Å². The lowest BCUT2D eigenvalue weighted by Crippen LogP contribution is -2.28. The van der Waals surface area contributed by atoms with Gasteiger partial charge in [-0.15, -0.1) is 0 Å². The number of likely N-dealkylation sites (N-methyl/N-ethyl adjacent to an activating group) is 1. The van der Waals surface area contributed by atoms with Crippen LogP contribution in [-0.4, -0.2) is 39.2 Å². The van der Waals surface area contributed by atoms with Gasteiger partial charge in [0.15, 0.2) is 11.6 Å². The van der Waals surface area contributed by atoms with Crippen LogP contribution in [0.2, 0.25) is 0 Å². The molecule has 0 fully saturated rings. The Balaban J connectivity index is 2.57. The minimum Gasteiger partial charge on any atom is -0.494 e. The molecule has 0 bridgehead atoms. The number of rotatable bonds is 6. The maximum atomic E-state index is 13.5. The molecular formula is C13H21FN2O. The van der Waals surface area contributed by atoms with Crippen LogP contribution in [0.3, 0.4) is 0 Å². The Morgan fingerprint density at radius 2 is 2.12 bits per heavy atom. The number of hydrogen-bond donors (Lipinski definition) is 1. The average Bonchev–Trinajstić information content (AvgIpc) is 2.28. The first-order valence-electron chi connectivity index (χ1n) is 5.76. The van der Waals surface area contributed by atoms with Gasteiger partial charge in [-0.3, -0.25) is 0 Å². The standard InChI is InChI=1S/C13H21FN2O/c1-10(15-7-8-16(2)3)11-5-6-13(17-4)12(14)9-11/h5-6,9-10,15H,7-8H2,1-4H3. The number of ether oxygens (including phenoxy) is 1. The minimum atomic E-state index is -0.314. The first-order chi connectivity index (χ1) is 8.04. The third-order valence-electron chi connectivity index (χ3n) is 2.69. The van der Waals surface area contributed by atoms with E-state index in [-0.39, 0.29) is 17.6 Å². The summed E-state index contributed by atoms with van der Waals surface area (Å²) in [6, 6.07) is 5.20.